The molecule has 5 heteroatoms. The molecule has 0 radical (unpaired) electrons. The normalized spacial score (nSPS) is 11.3. The molecule has 0 aliphatic rings. The largest absolute Gasteiger partial charge is 0.256 e. The Morgan fingerprint density at radius 3 is 2.48 bits per heavy atom. The molecule has 0 bridgehead atoms. The summed E-state index contributed by atoms with van der Waals surface area (Å²) in [7, 11) is 0. The van der Waals surface area contributed by atoms with Crippen LogP contribution in [0.4, 0.5) is 0 Å². The second kappa shape index (κ2) is 8.26. The fourth-order valence-electron chi connectivity index (χ4n) is 4.32. The van der Waals surface area contributed by atoms with Gasteiger partial charge in [0.15, 0.2) is 0 Å². The molecule has 4 nitrogen and oxygen atoms in total. The van der Waals surface area contributed by atoms with Gasteiger partial charge in [-0.2, -0.15) is 5.10 Å². The third kappa shape index (κ3) is 3.70. The van der Waals surface area contributed by atoms with Gasteiger partial charge in [0.05, 0.1) is 16.7 Å². The first kappa shape index (κ1) is 19.8. The topological polar surface area (TPSA) is 43.1 Å². The van der Waals surface area contributed by atoms with E-state index in [0.29, 0.717) is 0 Å². The van der Waals surface area contributed by atoms with E-state index in [9.17, 15) is 0 Å². The number of fused-ring (bicyclic) bond motifs is 2. The molecule has 33 heavy (non-hydrogen) atoms. The van der Waals surface area contributed by atoms with Crippen LogP contribution < -0.4 is 0 Å². The predicted octanol–water partition coefficient (Wildman–Crippen LogP) is 6.96. The molecular formula is C28H19BrN4. The smallest absolute Gasteiger partial charge is 0.120 e. The van der Waals surface area contributed by atoms with Crippen LogP contribution in [-0.2, 0) is 6.42 Å². The maximum absolute atomic E-state index is 4.96. The molecule has 6 rings (SSSR count). The molecule has 0 aliphatic heterocycles. The van der Waals surface area contributed by atoms with E-state index in [2.05, 4.69) is 80.5 Å². The fourth-order valence-corrected chi connectivity index (χ4v) is 4.67. The number of hydrogen-bond acceptors (Lipinski definition) is 3. The Kier molecular flexibility index (Phi) is 4.96. The lowest BCUT2D eigenvalue weighted by Crippen LogP contribution is -1.92. The molecule has 0 atom stereocenters. The Labute approximate surface area is 199 Å². The minimum atomic E-state index is 0.850. The minimum Gasteiger partial charge on any atom is -0.256 e. The Hall–Kier alpha value is -3.83. The Morgan fingerprint density at radius 1 is 0.758 bits per heavy atom. The third-order valence-electron chi connectivity index (χ3n) is 5.83. The summed E-state index contributed by atoms with van der Waals surface area (Å²) in [6, 6.07) is 29.1. The summed E-state index contributed by atoms with van der Waals surface area (Å²) in [5.74, 6) is 0. The van der Waals surface area contributed by atoms with Crippen molar-refractivity contribution < 1.29 is 0 Å². The highest BCUT2D eigenvalue weighted by Gasteiger charge is 2.20. The summed E-state index contributed by atoms with van der Waals surface area (Å²) < 4.78 is 2.97. The monoisotopic (exact) mass is 490 g/mol. The molecule has 0 spiro atoms. The summed E-state index contributed by atoms with van der Waals surface area (Å²) in [5, 5.41) is 6.04. The molecule has 0 saturated heterocycles. The number of pyridine rings is 3. The summed E-state index contributed by atoms with van der Waals surface area (Å²) >= 11 is 3.57. The van der Waals surface area contributed by atoms with Crippen molar-refractivity contribution in [3.05, 3.63) is 119 Å². The number of rotatable bonds is 4. The first-order valence-electron chi connectivity index (χ1n) is 10.8. The second-order valence-electron chi connectivity index (χ2n) is 7.99. The van der Waals surface area contributed by atoms with Crippen molar-refractivity contribution >= 4 is 32.3 Å². The first-order valence-corrected chi connectivity index (χ1v) is 11.6. The van der Waals surface area contributed by atoms with E-state index in [1.807, 2.05) is 53.4 Å². The van der Waals surface area contributed by atoms with E-state index in [1.54, 1.807) is 0 Å². The molecule has 0 amide bonds. The average molecular weight is 491 g/mol. The van der Waals surface area contributed by atoms with Crippen molar-refractivity contribution in [3.63, 3.8) is 0 Å². The fraction of sp³-hybridized carbons (Fsp3) is 0.0357. The van der Waals surface area contributed by atoms with Crippen molar-refractivity contribution in [1.82, 2.24) is 19.6 Å². The summed E-state index contributed by atoms with van der Waals surface area (Å²) in [6.07, 6.45) is 6.59. The van der Waals surface area contributed by atoms with Crippen LogP contribution in [0, 0.1) is 0 Å². The van der Waals surface area contributed by atoms with Gasteiger partial charge >= 0.3 is 0 Å². The van der Waals surface area contributed by atoms with Crippen LogP contribution in [0.15, 0.2) is 108 Å². The summed E-state index contributed by atoms with van der Waals surface area (Å²) in [5.41, 5.74) is 8.40. The third-order valence-corrected chi connectivity index (χ3v) is 6.33. The molecule has 6 aromatic rings. The maximum atomic E-state index is 4.96. The molecule has 158 valence electrons. The second-order valence-corrected chi connectivity index (χ2v) is 8.90. The highest BCUT2D eigenvalue weighted by molar-refractivity contribution is 9.10. The van der Waals surface area contributed by atoms with Gasteiger partial charge in [-0.1, -0.05) is 58.4 Å². The van der Waals surface area contributed by atoms with Crippen molar-refractivity contribution in [3.8, 4) is 22.5 Å². The quantitative estimate of drug-likeness (QED) is 0.268. The van der Waals surface area contributed by atoms with Crippen molar-refractivity contribution in [2.45, 2.75) is 6.42 Å². The van der Waals surface area contributed by atoms with Gasteiger partial charge in [-0.3, -0.25) is 9.97 Å². The van der Waals surface area contributed by atoms with Crippen LogP contribution >= 0.6 is 15.9 Å². The summed E-state index contributed by atoms with van der Waals surface area (Å²) in [4.78, 5) is 9.21. The molecule has 4 heterocycles. The lowest BCUT2D eigenvalue weighted by atomic mass is 9.97. The van der Waals surface area contributed by atoms with Crippen LogP contribution in [0.3, 0.4) is 0 Å². The highest BCUT2D eigenvalue weighted by Crippen LogP contribution is 2.38. The molecule has 0 N–H and O–H groups in total. The van der Waals surface area contributed by atoms with E-state index >= 15 is 0 Å². The van der Waals surface area contributed by atoms with Crippen LogP contribution in [0.1, 0.15) is 11.1 Å². The van der Waals surface area contributed by atoms with E-state index in [4.69, 9.17) is 5.10 Å². The average Bonchev–Trinajstić information content (AvgIpc) is 3.23. The van der Waals surface area contributed by atoms with Gasteiger partial charge in [0.1, 0.15) is 5.69 Å². The molecule has 2 aromatic carbocycles. The van der Waals surface area contributed by atoms with Gasteiger partial charge in [-0.05, 0) is 65.6 Å². The van der Waals surface area contributed by atoms with Crippen molar-refractivity contribution in [2.24, 2.45) is 0 Å². The zero-order valence-electron chi connectivity index (χ0n) is 17.7. The predicted molar refractivity (Wildman–Crippen MR) is 136 cm³/mol. The van der Waals surface area contributed by atoms with Crippen LogP contribution in [0.2, 0.25) is 0 Å². The van der Waals surface area contributed by atoms with Crippen molar-refractivity contribution in [2.75, 3.05) is 0 Å². The van der Waals surface area contributed by atoms with E-state index in [1.165, 1.54) is 11.1 Å². The number of hydrogen-bond donors (Lipinski definition) is 0. The molecule has 0 fully saturated rings. The van der Waals surface area contributed by atoms with Crippen molar-refractivity contribution in [1.29, 1.82) is 0 Å². The molecule has 4 aromatic heterocycles. The van der Waals surface area contributed by atoms with E-state index in [-0.39, 0.29) is 0 Å². The van der Waals surface area contributed by atoms with E-state index < -0.39 is 0 Å². The highest BCUT2D eigenvalue weighted by atomic mass is 79.9. The lowest BCUT2D eigenvalue weighted by molar-refractivity contribution is 0.954. The first-order chi connectivity index (χ1) is 16.3. The van der Waals surface area contributed by atoms with E-state index in [0.717, 1.165) is 49.8 Å². The van der Waals surface area contributed by atoms with Gasteiger partial charge in [0.2, 0.25) is 0 Å². The minimum absolute atomic E-state index is 0.850. The van der Waals surface area contributed by atoms with Gasteiger partial charge in [-0.25, -0.2) is 4.52 Å². The Balaban J connectivity index is 1.62. The molecule has 0 saturated carbocycles. The molecule has 0 aliphatic carbocycles. The van der Waals surface area contributed by atoms with Gasteiger partial charge < -0.3 is 0 Å². The lowest BCUT2D eigenvalue weighted by Gasteiger charge is -2.09. The van der Waals surface area contributed by atoms with Crippen LogP contribution in [0.5, 0.6) is 0 Å². The van der Waals surface area contributed by atoms with Crippen LogP contribution in [-0.4, -0.2) is 19.6 Å². The number of aromatic nitrogens is 4. The van der Waals surface area contributed by atoms with Crippen LogP contribution in [0.25, 0.3) is 38.9 Å². The maximum Gasteiger partial charge on any atom is 0.120 e. The van der Waals surface area contributed by atoms with Gasteiger partial charge in [0, 0.05) is 34.0 Å². The summed E-state index contributed by atoms with van der Waals surface area (Å²) in [6.45, 7) is 0. The number of halogens is 1. The zero-order valence-corrected chi connectivity index (χ0v) is 19.3. The Bertz CT molecular complexity index is 1590. The van der Waals surface area contributed by atoms with Gasteiger partial charge in [0.25, 0.3) is 0 Å². The standard InChI is InChI=1S/C28H19BrN4/c29-21-9-10-22-23(11-14-31-25(22)18-21)27-26-17-20(16-19-6-2-1-3-7-19)12-15-33(26)32-28(27)24-8-4-5-13-30-24/h1-15,17-18H,16H2. The number of benzene rings is 2. The molecular weight excluding hydrogens is 472 g/mol. The van der Waals surface area contributed by atoms with Gasteiger partial charge in [-0.15, -0.1) is 0 Å². The SMILES string of the molecule is Brc1ccc2c(-c3c(-c4ccccn4)nn4ccc(Cc5ccccc5)cc34)ccnc2c1. The number of nitrogens with zero attached hydrogens (tertiary/aromatic N) is 4. The molecule has 0 unspecified atom stereocenters. The Morgan fingerprint density at radius 2 is 1.64 bits per heavy atom. The zero-order chi connectivity index (χ0) is 22.2.